The largest absolute Gasteiger partial charge is 0.481 e. The van der Waals surface area contributed by atoms with Gasteiger partial charge in [0.1, 0.15) is 6.04 Å². The molecule has 0 aromatic carbocycles. The van der Waals surface area contributed by atoms with Crippen LogP contribution in [-0.2, 0) is 9.59 Å². The van der Waals surface area contributed by atoms with E-state index in [1.807, 2.05) is 0 Å². The summed E-state index contributed by atoms with van der Waals surface area (Å²) in [5.74, 6) is -5.47. The lowest BCUT2D eigenvalue weighted by atomic mass is 10.0. The van der Waals surface area contributed by atoms with Gasteiger partial charge in [-0.2, -0.15) is 0 Å². The molecule has 0 saturated heterocycles. The molecule has 0 aromatic heterocycles. The Kier molecular flexibility index (Phi) is 1.48. The van der Waals surface area contributed by atoms with Gasteiger partial charge in [-0.1, -0.05) is 0 Å². The van der Waals surface area contributed by atoms with Crippen LogP contribution in [0.25, 0.3) is 0 Å². The number of hydrogen-bond acceptors (Lipinski definition) is 3. The first-order valence-corrected chi connectivity index (χ1v) is 2.39. The highest BCUT2D eigenvalue weighted by Crippen LogP contribution is 1.99. The van der Waals surface area contributed by atoms with Crippen molar-refractivity contribution in [3.63, 3.8) is 0 Å². The second-order valence-corrected chi connectivity index (χ2v) is 1.68. The van der Waals surface area contributed by atoms with Crippen molar-refractivity contribution in [2.24, 2.45) is 11.7 Å². The second kappa shape index (κ2) is 3.17. The third-order valence-electron chi connectivity index (χ3n) is 0.910. The third kappa shape index (κ3) is 2.02. The molecular weight excluding hydrogens is 138 g/mol. The lowest BCUT2D eigenvalue weighted by Gasteiger charge is -2.09. The van der Waals surface area contributed by atoms with Crippen molar-refractivity contribution in [3.05, 3.63) is 0 Å². The highest BCUT2D eigenvalue weighted by molar-refractivity contribution is 5.82. The van der Waals surface area contributed by atoms with Crippen LogP contribution in [0.4, 0.5) is 0 Å². The van der Waals surface area contributed by atoms with Gasteiger partial charge in [0.05, 0.1) is 5.92 Å². The van der Waals surface area contributed by atoms with Crippen molar-refractivity contribution in [1.82, 2.24) is 0 Å². The Morgan fingerprint density at radius 2 is 2.00 bits per heavy atom. The van der Waals surface area contributed by atoms with Crippen LogP contribution in [0.2, 0.25) is 0 Å². The first kappa shape index (κ1) is 4.68. The molecule has 0 rings (SSSR count). The standard InChI is InChI=1S/C5H9NO4/c1-2(4(7)8)3(6)5(9)10/h2-3H,6H2,1H3,(H,7,8)(H,9,10)/t2-,3+/m1/s1/i1D3. The Hall–Kier alpha value is -1.10. The molecule has 58 valence electrons. The fourth-order valence-corrected chi connectivity index (χ4v) is 0.296. The van der Waals surface area contributed by atoms with E-state index in [1.54, 1.807) is 0 Å². The third-order valence-corrected chi connectivity index (χ3v) is 0.910. The normalized spacial score (nSPS) is 21.5. The number of nitrogens with two attached hydrogens (primary N) is 1. The Bertz CT molecular complexity index is 226. The highest BCUT2D eigenvalue weighted by Gasteiger charge is 2.25. The predicted molar refractivity (Wildman–Crippen MR) is 32.4 cm³/mol. The van der Waals surface area contributed by atoms with Crippen molar-refractivity contribution in [2.45, 2.75) is 12.9 Å². The molecule has 5 heteroatoms. The van der Waals surface area contributed by atoms with E-state index >= 15 is 0 Å². The summed E-state index contributed by atoms with van der Waals surface area (Å²) in [6, 6.07) is -1.93. The van der Waals surface area contributed by atoms with Gasteiger partial charge in [0.15, 0.2) is 0 Å². The first-order valence-electron chi connectivity index (χ1n) is 3.89. The lowest BCUT2D eigenvalue weighted by Crippen LogP contribution is -2.40. The Morgan fingerprint density at radius 1 is 1.50 bits per heavy atom. The van der Waals surface area contributed by atoms with Crippen LogP contribution in [0, 0.1) is 5.92 Å². The Balaban J connectivity index is 4.83. The maximum atomic E-state index is 10.4. The van der Waals surface area contributed by atoms with E-state index in [2.05, 4.69) is 0 Å². The average molecular weight is 150 g/mol. The maximum absolute atomic E-state index is 10.4. The molecule has 0 aliphatic rings. The van der Waals surface area contributed by atoms with E-state index in [1.165, 1.54) is 0 Å². The predicted octanol–water partition coefficient (Wildman–Crippen LogP) is -0.881. The van der Waals surface area contributed by atoms with E-state index in [0.29, 0.717) is 0 Å². The zero-order valence-electron chi connectivity index (χ0n) is 7.94. The Morgan fingerprint density at radius 3 is 2.10 bits per heavy atom. The molecule has 0 spiro atoms. The molecular formula is C5H9NO4. The zero-order valence-corrected chi connectivity index (χ0v) is 4.94. The van der Waals surface area contributed by atoms with Crippen LogP contribution in [-0.4, -0.2) is 28.2 Å². The molecule has 0 heterocycles. The summed E-state index contributed by atoms with van der Waals surface area (Å²) in [5.41, 5.74) is 4.91. The summed E-state index contributed by atoms with van der Waals surface area (Å²) >= 11 is 0. The molecule has 5 nitrogen and oxygen atoms in total. The number of rotatable bonds is 3. The molecule has 0 fully saturated rings. The van der Waals surface area contributed by atoms with Crippen molar-refractivity contribution in [3.8, 4) is 0 Å². The van der Waals surface area contributed by atoms with Crippen molar-refractivity contribution in [1.29, 1.82) is 0 Å². The van der Waals surface area contributed by atoms with Crippen LogP contribution < -0.4 is 5.73 Å². The van der Waals surface area contributed by atoms with Crippen LogP contribution in [0.3, 0.4) is 0 Å². The van der Waals surface area contributed by atoms with E-state index in [4.69, 9.17) is 20.1 Å². The second-order valence-electron chi connectivity index (χ2n) is 1.68. The molecule has 10 heavy (non-hydrogen) atoms. The molecule has 0 radical (unpaired) electrons. The quantitative estimate of drug-likeness (QED) is 0.485. The van der Waals surface area contributed by atoms with Gasteiger partial charge in [-0.15, -0.1) is 0 Å². The van der Waals surface area contributed by atoms with E-state index < -0.39 is 30.8 Å². The zero-order chi connectivity index (χ0) is 10.8. The molecule has 0 aliphatic heterocycles. The number of aliphatic carboxylic acids is 2. The van der Waals surface area contributed by atoms with Gasteiger partial charge in [-0.3, -0.25) is 9.59 Å². The molecule has 2 atom stereocenters. The number of carbonyl (C=O) groups is 2. The maximum Gasteiger partial charge on any atom is 0.321 e. The topological polar surface area (TPSA) is 101 Å². The fourth-order valence-electron chi connectivity index (χ4n) is 0.296. The smallest absolute Gasteiger partial charge is 0.321 e. The van der Waals surface area contributed by atoms with Gasteiger partial charge in [-0.05, 0) is 6.85 Å². The molecule has 0 aliphatic carbocycles. The summed E-state index contributed by atoms with van der Waals surface area (Å²) < 4.78 is 20.3. The summed E-state index contributed by atoms with van der Waals surface area (Å²) in [4.78, 5) is 20.6. The van der Waals surface area contributed by atoms with Crippen molar-refractivity contribution in [2.75, 3.05) is 0 Å². The molecule has 0 amide bonds. The minimum absolute atomic E-state index is 1.65. The summed E-state index contributed by atoms with van der Waals surface area (Å²) in [6.07, 6.45) is 0. The molecule has 0 saturated carbocycles. The van der Waals surface area contributed by atoms with Gasteiger partial charge in [0.25, 0.3) is 0 Å². The van der Waals surface area contributed by atoms with Gasteiger partial charge < -0.3 is 15.9 Å². The van der Waals surface area contributed by atoms with Gasteiger partial charge >= 0.3 is 11.9 Å². The van der Waals surface area contributed by atoms with Crippen LogP contribution >= 0.6 is 0 Å². The van der Waals surface area contributed by atoms with Crippen molar-refractivity contribution < 1.29 is 23.9 Å². The number of hydrogen-bond donors (Lipinski definition) is 3. The Labute approximate surface area is 61.7 Å². The molecule has 0 unspecified atom stereocenters. The summed E-state index contributed by atoms with van der Waals surface area (Å²) in [7, 11) is 0. The van der Waals surface area contributed by atoms with Gasteiger partial charge in [-0.25, -0.2) is 0 Å². The fraction of sp³-hybridized carbons (Fsp3) is 0.600. The average Bonchev–Trinajstić information content (AvgIpc) is 1.82. The van der Waals surface area contributed by atoms with Gasteiger partial charge in [0, 0.05) is 4.11 Å². The number of carboxylic acids is 2. The SMILES string of the molecule is [2H]C([2H])([2H])[C@@H](C(=O)O)[C@H](N)C(=O)O. The summed E-state index contributed by atoms with van der Waals surface area (Å²) in [5, 5.41) is 16.8. The van der Waals surface area contributed by atoms with E-state index in [0.717, 1.165) is 0 Å². The van der Waals surface area contributed by atoms with Crippen LogP contribution in [0.15, 0.2) is 0 Å². The first-order chi connectivity index (χ1) is 5.68. The van der Waals surface area contributed by atoms with Crippen LogP contribution in [0.1, 0.15) is 11.0 Å². The van der Waals surface area contributed by atoms with Gasteiger partial charge in [0.2, 0.25) is 0 Å². The molecule has 0 bridgehead atoms. The molecule has 0 aromatic rings. The lowest BCUT2D eigenvalue weighted by molar-refractivity contribution is -0.149. The minimum Gasteiger partial charge on any atom is -0.481 e. The van der Waals surface area contributed by atoms with E-state index in [-0.39, 0.29) is 0 Å². The monoisotopic (exact) mass is 150 g/mol. The number of carboxylic acid groups (broad SMARTS) is 2. The van der Waals surface area contributed by atoms with Crippen LogP contribution in [0.5, 0.6) is 0 Å². The van der Waals surface area contributed by atoms with Crippen molar-refractivity contribution >= 4 is 11.9 Å². The minimum atomic E-state index is -2.91. The van der Waals surface area contributed by atoms with E-state index in [9.17, 15) is 9.59 Å². The summed E-state index contributed by atoms with van der Waals surface area (Å²) in [6.45, 7) is -2.91. The molecule has 4 N–H and O–H groups in total. The highest BCUT2D eigenvalue weighted by atomic mass is 16.4.